The Kier molecular flexibility index (Phi) is 2.23. The van der Waals surface area contributed by atoms with Gasteiger partial charge in [0.25, 0.3) is 0 Å². The summed E-state index contributed by atoms with van der Waals surface area (Å²) in [6.07, 6.45) is 0.541. The Morgan fingerprint density at radius 3 is 2.94 bits per heavy atom. The number of esters is 1. The molecule has 5 heteroatoms. The van der Waals surface area contributed by atoms with Gasteiger partial charge in [0.05, 0.1) is 0 Å². The van der Waals surface area contributed by atoms with Gasteiger partial charge in [-0.3, -0.25) is 9.59 Å². The highest BCUT2D eigenvalue weighted by molar-refractivity contribution is 6.30. The predicted molar refractivity (Wildman–Crippen MR) is 63.5 cm³/mol. The van der Waals surface area contributed by atoms with Crippen LogP contribution >= 0.6 is 11.6 Å². The second kappa shape index (κ2) is 3.48. The highest BCUT2D eigenvalue weighted by atomic mass is 35.5. The summed E-state index contributed by atoms with van der Waals surface area (Å²) in [5.74, 6) is -3.37. The lowest BCUT2D eigenvalue weighted by atomic mass is 9.82. The monoisotopic (exact) mass is 266 g/mol. The number of aliphatic carboxylic acids is 1. The number of ether oxygens (including phenoxy) is 1. The summed E-state index contributed by atoms with van der Waals surface area (Å²) in [5.41, 5.74) is 1.07. The maximum atomic E-state index is 11.7. The molecule has 1 aliphatic carbocycles. The van der Waals surface area contributed by atoms with Crippen LogP contribution in [-0.2, 0) is 20.7 Å². The van der Waals surface area contributed by atoms with E-state index >= 15 is 0 Å². The number of carbonyl (C=O) groups is 2. The zero-order chi connectivity index (χ0) is 13.1. The SMILES string of the molecule is C[C@]12Cc3ccc(Cl)cc3[C@H]1[C@H](C(=O)O)C(=O)O2. The smallest absolute Gasteiger partial charge is 0.321 e. The molecule has 2 aliphatic rings. The van der Waals surface area contributed by atoms with Crippen molar-refractivity contribution in [1.29, 1.82) is 0 Å². The molecule has 0 aromatic heterocycles. The number of benzene rings is 1. The Morgan fingerprint density at radius 1 is 1.56 bits per heavy atom. The van der Waals surface area contributed by atoms with Crippen molar-refractivity contribution in [3.8, 4) is 0 Å². The van der Waals surface area contributed by atoms with Crippen LogP contribution in [0.25, 0.3) is 0 Å². The average Bonchev–Trinajstić information content (AvgIpc) is 2.66. The second-order valence-electron chi connectivity index (χ2n) is 5.05. The molecule has 1 heterocycles. The summed E-state index contributed by atoms with van der Waals surface area (Å²) in [6.45, 7) is 1.78. The molecule has 3 atom stereocenters. The van der Waals surface area contributed by atoms with Crippen LogP contribution in [0.2, 0.25) is 5.02 Å². The number of fused-ring (bicyclic) bond motifs is 3. The van der Waals surface area contributed by atoms with E-state index in [1.165, 1.54) is 0 Å². The van der Waals surface area contributed by atoms with Gasteiger partial charge in [0.1, 0.15) is 5.60 Å². The van der Waals surface area contributed by atoms with Crippen LogP contribution in [0.15, 0.2) is 18.2 Å². The fourth-order valence-corrected chi connectivity index (χ4v) is 3.32. The molecule has 18 heavy (non-hydrogen) atoms. The number of rotatable bonds is 1. The minimum atomic E-state index is -1.14. The van der Waals surface area contributed by atoms with Gasteiger partial charge in [0.15, 0.2) is 5.92 Å². The molecular weight excluding hydrogens is 256 g/mol. The van der Waals surface area contributed by atoms with Crippen molar-refractivity contribution in [1.82, 2.24) is 0 Å². The van der Waals surface area contributed by atoms with Crippen LogP contribution in [0.3, 0.4) is 0 Å². The molecule has 1 aromatic carbocycles. The molecule has 0 amide bonds. The molecule has 1 fully saturated rings. The largest absolute Gasteiger partial charge is 0.481 e. The number of halogens is 1. The third-order valence-electron chi connectivity index (χ3n) is 3.83. The van der Waals surface area contributed by atoms with Gasteiger partial charge < -0.3 is 9.84 Å². The zero-order valence-electron chi connectivity index (χ0n) is 9.64. The van der Waals surface area contributed by atoms with Gasteiger partial charge in [-0.2, -0.15) is 0 Å². The summed E-state index contributed by atoms with van der Waals surface area (Å²) in [6, 6.07) is 5.38. The molecule has 0 spiro atoms. The quantitative estimate of drug-likeness (QED) is 0.624. The standard InChI is InChI=1S/C13H11ClO4/c1-13-5-6-2-3-7(14)4-8(6)10(13)9(11(15)16)12(17)18-13/h2-4,9-10H,5H2,1H3,(H,15,16)/t9-,10+,13+/m1/s1. The van der Waals surface area contributed by atoms with Gasteiger partial charge >= 0.3 is 11.9 Å². The van der Waals surface area contributed by atoms with E-state index in [9.17, 15) is 14.7 Å². The summed E-state index contributed by atoms with van der Waals surface area (Å²) < 4.78 is 5.31. The van der Waals surface area contributed by atoms with Gasteiger partial charge in [0.2, 0.25) is 0 Å². The highest BCUT2D eigenvalue weighted by Crippen LogP contribution is 2.52. The normalized spacial score (nSPS) is 32.9. The maximum Gasteiger partial charge on any atom is 0.321 e. The molecule has 3 rings (SSSR count). The van der Waals surface area contributed by atoms with Crippen molar-refractivity contribution in [2.45, 2.75) is 24.9 Å². The molecule has 0 unspecified atom stereocenters. The Morgan fingerprint density at radius 2 is 2.28 bits per heavy atom. The predicted octanol–water partition coefficient (Wildman–Crippen LogP) is 2.00. The molecule has 1 aliphatic heterocycles. The van der Waals surface area contributed by atoms with Crippen molar-refractivity contribution in [3.63, 3.8) is 0 Å². The first-order chi connectivity index (χ1) is 8.42. The van der Waals surface area contributed by atoms with Crippen molar-refractivity contribution < 1.29 is 19.4 Å². The van der Waals surface area contributed by atoms with Gasteiger partial charge in [-0.05, 0) is 30.2 Å². The van der Waals surface area contributed by atoms with E-state index in [4.69, 9.17) is 16.3 Å². The van der Waals surface area contributed by atoms with Crippen LogP contribution < -0.4 is 0 Å². The van der Waals surface area contributed by atoms with Crippen molar-refractivity contribution in [2.75, 3.05) is 0 Å². The number of carboxylic acids is 1. The number of carboxylic acid groups (broad SMARTS) is 1. The first-order valence-corrected chi connectivity index (χ1v) is 6.04. The Hall–Kier alpha value is -1.55. The van der Waals surface area contributed by atoms with Gasteiger partial charge in [-0.15, -0.1) is 0 Å². The molecule has 1 N–H and O–H groups in total. The third kappa shape index (κ3) is 1.38. The first kappa shape index (κ1) is 11.5. The van der Waals surface area contributed by atoms with E-state index in [2.05, 4.69) is 0 Å². The molecular formula is C13H11ClO4. The van der Waals surface area contributed by atoms with Crippen LogP contribution in [0.1, 0.15) is 24.0 Å². The fourth-order valence-electron chi connectivity index (χ4n) is 3.14. The minimum absolute atomic E-state index is 0.448. The summed E-state index contributed by atoms with van der Waals surface area (Å²) in [5, 5.41) is 9.75. The first-order valence-electron chi connectivity index (χ1n) is 5.66. The summed E-state index contributed by atoms with van der Waals surface area (Å²) in [7, 11) is 0. The molecule has 0 radical (unpaired) electrons. The van der Waals surface area contributed by atoms with E-state index in [-0.39, 0.29) is 0 Å². The molecule has 0 bridgehead atoms. The summed E-state index contributed by atoms with van der Waals surface area (Å²) >= 11 is 5.95. The lowest BCUT2D eigenvalue weighted by Gasteiger charge is -2.22. The van der Waals surface area contributed by atoms with E-state index in [1.807, 2.05) is 6.07 Å². The number of hydrogen-bond acceptors (Lipinski definition) is 3. The third-order valence-corrected chi connectivity index (χ3v) is 4.06. The van der Waals surface area contributed by atoms with E-state index in [1.54, 1.807) is 19.1 Å². The number of hydrogen-bond donors (Lipinski definition) is 1. The number of carbonyl (C=O) groups excluding carboxylic acids is 1. The van der Waals surface area contributed by atoms with Gasteiger partial charge in [-0.25, -0.2) is 0 Å². The lowest BCUT2D eigenvalue weighted by Crippen LogP contribution is -2.30. The Bertz CT molecular complexity index is 568. The fraction of sp³-hybridized carbons (Fsp3) is 0.385. The second-order valence-corrected chi connectivity index (χ2v) is 5.48. The van der Waals surface area contributed by atoms with Crippen LogP contribution in [0.5, 0.6) is 0 Å². The highest BCUT2D eigenvalue weighted by Gasteiger charge is 2.60. The van der Waals surface area contributed by atoms with E-state index in [0.717, 1.165) is 11.1 Å². The van der Waals surface area contributed by atoms with Gasteiger partial charge in [-0.1, -0.05) is 17.7 Å². The van der Waals surface area contributed by atoms with Crippen LogP contribution in [0, 0.1) is 5.92 Å². The van der Waals surface area contributed by atoms with E-state index in [0.29, 0.717) is 11.4 Å². The summed E-state index contributed by atoms with van der Waals surface area (Å²) in [4.78, 5) is 23.0. The Balaban J connectivity index is 2.16. The maximum absolute atomic E-state index is 11.7. The van der Waals surface area contributed by atoms with E-state index < -0.39 is 29.4 Å². The van der Waals surface area contributed by atoms with Crippen molar-refractivity contribution in [2.24, 2.45) is 5.92 Å². The molecule has 0 saturated carbocycles. The Labute approximate surface area is 109 Å². The zero-order valence-corrected chi connectivity index (χ0v) is 10.4. The molecule has 94 valence electrons. The van der Waals surface area contributed by atoms with Crippen LogP contribution in [-0.4, -0.2) is 22.6 Å². The van der Waals surface area contributed by atoms with Crippen molar-refractivity contribution in [3.05, 3.63) is 34.3 Å². The van der Waals surface area contributed by atoms with Crippen molar-refractivity contribution >= 4 is 23.5 Å². The minimum Gasteiger partial charge on any atom is -0.481 e. The lowest BCUT2D eigenvalue weighted by molar-refractivity contribution is -0.155. The average molecular weight is 267 g/mol. The molecule has 4 nitrogen and oxygen atoms in total. The molecule has 1 aromatic rings. The molecule has 1 saturated heterocycles. The van der Waals surface area contributed by atoms with Gasteiger partial charge in [0, 0.05) is 17.4 Å². The topological polar surface area (TPSA) is 63.6 Å². The van der Waals surface area contributed by atoms with Crippen LogP contribution in [0.4, 0.5) is 0 Å².